The zero-order valence-electron chi connectivity index (χ0n) is 14.2. The summed E-state index contributed by atoms with van der Waals surface area (Å²) in [5.41, 5.74) is 0. The molecule has 0 bridgehead atoms. The Morgan fingerprint density at radius 1 is 1.24 bits per heavy atom. The molecule has 3 rings (SSSR count). The van der Waals surface area contributed by atoms with Crippen molar-refractivity contribution < 1.29 is 4.42 Å². The molecule has 132 valence electrons. The van der Waals surface area contributed by atoms with Gasteiger partial charge in [-0.15, -0.1) is 22.7 Å². The van der Waals surface area contributed by atoms with Crippen LogP contribution in [0.3, 0.4) is 0 Å². The van der Waals surface area contributed by atoms with Crippen LogP contribution < -0.4 is 5.32 Å². The molecule has 0 saturated carbocycles. The van der Waals surface area contributed by atoms with Crippen LogP contribution in [0.25, 0.3) is 0 Å². The fourth-order valence-corrected chi connectivity index (χ4v) is 3.60. The van der Waals surface area contributed by atoms with Gasteiger partial charge in [-0.1, -0.05) is 6.07 Å². The lowest BCUT2D eigenvalue weighted by Crippen LogP contribution is -2.40. The fraction of sp³-hybridized carbons (Fsp3) is 0.333. The molecule has 0 aromatic carbocycles. The van der Waals surface area contributed by atoms with E-state index in [9.17, 15) is 0 Å². The van der Waals surface area contributed by atoms with Gasteiger partial charge >= 0.3 is 0 Å². The summed E-state index contributed by atoms with van der Waals surface area (Å²) in [7, 11) is 2.07. The number of thiazole rings is 1. The second kappa shape index (κ2) is 9.39. The van der Waals surface area contributed by atoms with Crippen molar-refractivity contribution in [2.45, 2.75) is 19.4 Å². The van der Waals surface area contributed by atoms with Gasteiger partial charge in [-0.2, -0.15) is 0 Å². The van der Waals surface area contributed by atoms with Crippen molar-refractivity contribution in [2.24, 2.45) is 4.99 Å². The van der Waals surface area contributed by atoms with Crippen molar-refractivity contribution in [1.29, 1.82) is 0 Å². The highest BCUT2D eigenvalue weighted by atomic mass is 32.1. The quantitative estimate of drug-likeness (QED) is 0.483. The van der Waals surface area contributed by atoms with E-state index in [2.05, 4.69) is 39.8 Å². The molecular formula is C18H22N4OS2. The van der Waals surface area contributed by atoms with E-state index in [4.69, 9.17) is 9.41 Å². The van der Waals surface area contributed by atoms with Crippen LogP contribution in [0.15, 0.2) is 56.9 Å². The summed E-state index contributed by atoms with van der Waals surface area (Å²) < 4.78 is 5.39. The SMILES string of the molecule is CN(CCc1nccs1)C(=NCc1cccs1)NCCc1ccco1. The van der Waals surface area contributed by atoms with Crippen LogP contribution in [-0.2, 0) is 19.4 Å². The molecule has 0 aliphatic heterocycles. The van der Waals surface area contributed by atoms with E-state index in [1.54, 1.807) is 28.9 Å². The van der Waals surface area contributed by atoms with Gasteiger partial charge in [0, 0.05) is 49.4 Å². The molecule has 0 saturated heterocycles. The Hall–Kier alpha value is -2.12. The van der Waals surface area contributed by atoms with E-state index in [1.165, 1.54) is 4.88 Å². The first-order valence-electron chi connectivity index (χ1n) is 8.24. The molecule has 0 amide bonds. The average Bonchev–Trinajstić information content (AvgIpc) is 3.39. The zero-order valence-corrected chi connectivity index (χ0v) is 15.9. The molecular weight excluding hydrogens is 352 g/mol. The Morgan fingerprint density at radius 2 is 2.20 bits per heavy atom. The van der Waals surface area contributed by atoms with Crippen molar-refractivity contribution in [3.8, 4) is 0 Å². The normalized spacial score (nSPS) is 11.6. The molecule has 5 nitrogen and oxygen atoms in total. The molecule has 0 unspecified atom stereocenters. The summed E-state index contributed by atoms with van der Waals surface area (Å²) in [5.74, 6) is 1.90. The van der Waals surface area contributed by atoms with E-state index in [-0.39, 0.29) is 0 Å². The molecule has 0 radical (unpaired) electrons. The molecule has 3 aromatic heterocycles. The molecule has 0 fully saturated rings. The summed E-state index contributed by atoms with van der Waals surface area (Å²) >= 11 is 3.43. The molecule has 1 N–H and O–H groups in total. The first-order valence-corrected chi connectivity index (χ1v) is 10.00. The second-order valence-electron chi connectivity index (χ2n) is 5.57. The number of guanidine groups is 1. The maximum atomic E-state index is 5.39. The minimum Gasteiger partial charge on any atom is -0.469 e. The highest BCUT2D eigenvalue weighted by Gasteiger charge is 2.08. The third-order valence-corrected chi connectivity index (χ3v) is 5.41. The molecule has 3 aromatic rings. The molecule has 0 aliphatic rings. The number of rotatable bonds is 8. The Kier molecular flexibility index (Phi) is 6.64. The highest BCUT2D eigenvalue weighted by molar-refractivity contribution is 7.10. The number of likely N-dealkylation sites (N-methyl/N-ethyl adjacent to an activating group) is 1. The monoisotopic (exact) mass is 374 g/mol. The number of thiophene rings is 1. The lowest BCUT2D eigenvalue weighted by Gasteiger charge is -2.22. The number of furan rings is 1. The predicted molar refractivity (Wildman–Crippen MR) is 104 cm³/mol. The third kappa shape index (κ3) is 5.72. The number of nitrogens with zero attached hydrogens (tertiary/aromatic N) is 3. The van der Waals surface area contributed by atoms with Gasteiger partial charge in [-0.25, -0.2) is 9.98 Å². The summed E-state index contributed by atoms with van der Waals surface area (Å²) in [6.07, 6.45) is 5.33. The Bertz CT molecular complexity index is 736. The topological polar surface area (TPSA) is 53.7 Å². The van der Waals surface area contributed by atoms with Crippen LogP contribution in [0, 0.1) is 0 Å². The van der Waals surface area contributed by atoms with E-state index >= 15 is 0 Å². The second-order valence-corrected chi connectivity index (χ2v) is 7.58. The first kappa shape index (κ1) is 17.7. The first-order chi connectivity index (χ1) is 12.3. The lowest BCUT2D eigenvalue weighted by atomic mass is 10.3. The van der Waals surface area contributed by atoms with Gasteiger partial charge in [0.2, 0.25) is 0 Å². The van der Waals surface area contributed by atoms with E-state index in [0.29, 0.717) is 6.54 Å². The van der Waals surface area contributed by atoms with Crippen molar-refractivity contribution in [3.05, 3.63) is 63.1 Å². The van der Waals surface area contributed by atoms with Crippen LogP contribution in [0.1, 0.15) is 15.6 Å². The molecule has 25 heavy (non-hydrogen) atoms. The van der Waals surface area contributed by atoms with Crippen molar-refractivity contribution in [1.82, 2.24) is 15.2 Å². The van der Waals surface area contributed by atoms with Crippen LogP contribution in [0.4, 0.5) is 0 Å². The van der Waals surface area contributed by atoms with Crippen LogP contribution in [0.2, 0.25) is 0 Å². The van der Waals surface area contributed by atoms with Gasteiger partial charge in [0.25, 0.3) is 0 Å². The third-order valence-electron chi connectivity index (χ3n) is 3.71. The molecule has 7 heteroatoms. The minimum absolute atomic E-state index is 0.697. The van der Waals surface area contributed by atoms with Crippen LogP contribution in [-0.4, -0.2) is 36.0 Å². The lowest BCUT2D eigenvalue weighted by molar-refractivity contribution is 0.474. The maximum Gasteiger partial charge on any atom is 0.194 e. The zero-order chi connectivity index (χ0) is 17.3. The van der Waals surface area contributed by atoms with Crippen molar-refractivity contribution in [3.63, 3.8) is 0 Å². The number of hydrogen-bond acceptors (Lipinski definition) is 5. The molecule has 0 spiro atoms. The van der Waals surface area contributed by atoms with E-state index in [0.717, 1.165) is 42.7 Å². The summed E-state index contributed by atoms with van der Waals surface area (Å²) in [6.45, 7) is 2.37. The number of aromatic nitrogens is 1. The number of hydrogen-bond donors (Lipinski definition) is 1. The predicted octanol–water partition coefficient (Wildman–Crippen LogP) is 3.66. The van der Waals surface area contributed by atoms with Crippen molar-refractivity contribution in [2.75, 3.05) is 20.1 Å². The van der Waals surface area contributed by atoms with Gasteiger partial charge in [-0.3, -0.25) is 0 Å². The average molecular weight is 375 g/mol. The maximum absolute atomic E-state index is 5.39. The molecule has 0 atom stereocenters. The summed E-state index contributed by atoms with van der Waals surface area (Å²) in [5, 5.41) is 8.71. The number of aliphatic imine (C=N–C) groups is 1. The van der Waals surface area contributed by atoms with Gasteiger partial charge in [-0.05, 0) is 23.6 Å². The van der Waals surface area contributed by atoms with E-state index < -0.39 is 0 Å². The van der Waals surface area contributed by atoms with E-state index in [1.807, 2.05) is 23.7 Å². The highest BCUT2D eigenvalue weighted by Crippen LogP contribution is 2.10. The molecule has 3 heterocycles. The molecule has 0 aliphatic carbocycles. The summed E-state index contributed by atoms with van der Waals surface area (Å²) in [6, 6.07) is 8.09. The smallest absolute Gasteiger partial charge is 0.194 e. The van der Waals surface area contributed by atoms with Gasteiger partial charge in [0.15, 0.2) is 5.96 Å². The van der Waals surface area contributed by atoms with Gasteiger partial charge < -0.3 is 14.6 Å². The Labute approximate surface area is 156 Å². The minimum atomic E-state index is 0.697. The Morgan fingerprint density at radius 3 is 2.92 bits per heavy atom. The van der Waals surface area contributed by atoms with Crippen LogP contribution >= 0.6 is 22.7 Å². The Balaban J connectivity index is 1.56. The standard InChI is InChI=1S/C18H22N4OS2/c1-22(10-7-17-19-9-13-25-17)18(21-14-16-5-3-12-24-16)20-8-6-15-4-2-11-23-15/h2-5,9,11-13H,6-8,10,14H2,1H3,(H,20,21). The summed E-state index contributed by atoms with van der Waals surface area (Å²) in [4.78, 5) is 12.6. The van der Waals surface area contributed by atoms with Gasteiger partial charge in [0.1, 0.15) is 5.76 Å². The largest absolute Gasteiger partial charge is 0.469 e. The van der Waals surface area contributed by atoms with Crippen LogP contribution in [0.5, 0.6) is 0 Å². The van der Waals surface area contributed by atoms with Crippen molar-refractivity contribution >= 4 is 28.6 Å². The van der Waals surface area contributed by atoms with Gasteiger partial charge in [0.05, 0.1) is 17.8 Å². The number of nitrogens with one attached hydrogen (secondary N) is 1. The fourth-order valence-electron chi connectivity index (χ4n) is 2.36.